The van der Waals surface area contributed by atoms with Gasteiger partial charge in [0.1, 0.15) is 10.6 Å². The monoisotopic (exact) mass is 310 g/mol. The minimum atomic E-state index is -0.185. The highest BCUT2D eigenvalue weighted by Gasteiger charge is 2.18. The molecule has 3 rings (SSSR count). The number of carbonyl (C=O) groups excluding carboxylic acids is 1. The molecule has 0 aliphatic rings. The molecule has 0 saturated carbocycles. The van der Waals surface area contributed by atoms with Crippen molar-refractivity contribution in [2.45, 2.75) is 0 Å². The van der Waals surface area contributed by atoms with Crippen LogP contribution < -0.4 is 10.1 Å². The van der Waals surface area contributed by atoms with Crippen LogP contribution in [-0.2, 0) is 0 Å². The third-order valence-corrected chi connectivity index (χ3v) is 4.28. The van der Waals surface area contributed by atoms with Gasteiger partial charge in [-0.2, -0.15) is 0 Å². The topological polar surface area (TPSA) is 51.2 Å². The van der Waals surface area contributed by atoms with Crippen molar-refractivity contribution < 1.29 is 9.53 Å². The number of methoxy groups -OCH3 is 1. The number of benzene rings is 1. The Bertz CT molecular complexity index is 770. The summed E-state index contributed by atoms with van der Waals surface area (Å²) in [6.07, 6.45) is 3.27. The van der Waals surface area contributed by atoms with Crippen molar-refractivity contribution in [1.29, 1.82) is 0 Å². The number of carbonyl (C=O) groups is 1. The van der Waals surface area contributed by atoms with E-state index in [-0.39, 0.29) is 5.91 Å². The smallest absolute Gasteiger partial charge is 0.269 e. The molecule has 1 N–H and O–H groups in total. The van der Waals surface area contributed by atoms with Crippen molar-refractivity contribution in [3.05, 3.63) is 65.8 Å². The first-order chi connectivity index (χ1) is 10.8. The number of nitrogens with zero attached hydrogens (tertiary/aromatic N) is 1. The molecule has 0 fully saturated rings. The van der Waals surface area contributed by atoms with Crippen molar-refractivity contribution in [2.75, 3.05) is 12.4 Å². The first-order valence-corrected chi connectivity index (χ1v) is 7.54. The number of amides is 1. The second kappa shape index (κ2) is 6.41. The van der Waals surface area contributed by atoms with E-state index in [1.54, 1.807) is 31.6 Å². The van der Waals surface area contributed by atoms with Gasteiger partial charge in [0.15, 0.2) is 0 Å². The van der Waals surface area contributed by atoms with Gasteiger partial charge in [0.2, 0.25) is 0 Å². The molecule has 22 heavy (non-hydrogen) atoms. The lowest BCUT2D eigenvalue weighted by Gasteiger charge is -2.04. The fraction of sp³-hybridized carbons (Fsp3) is 0.0588. The average Bonchev–Trinajstić information content (AvgIpc) is 3.01. The third kappa shape index (κ3) is 2.99. The minimum Gasteiger partial charge on any atom is -0.495 e. The quantitative estimate of drug-likeness (QED) is 0.790. The largest absolute Gasteiger partial charge is 0.495 e. The number of pyridine rings is 1. The summed E-state index contributed by atoms with van der Waals surface area (Å²) in [7, 11) is 1.57. The Balaban J connectivity index is 1.90. The zero-order valence-electron chi connectivity index (χ0n) is 11.9. The molecule has 0 saturated heterocycles. The molecule has 2 heterocycles. The van der Waals surface area contributed by atoms with E-state index in [9.17, 15) is 4.79 Å². The van der Waals surface area contributed by atoms with Crippen LogP contribution in [0.1, 0.15) is 9.67 Å². The summed E-state index contributed by atoms with van der Waals surface area (Å²) in [5.74, 6) is 0.394. The third-order valence-electron chi connectivity index (χ3n) is 3.12. The summed E-state index contributed by atoms with van der Waals surface area (Å²) in [5, 5.41) is 2.85. The Kier molecular flexibility index (Phi) is 4.16. The number of thiophene rings is 1. The van der Waals surface area contributed by atoms with E-state index in [1.165, 1.54) is 11.3 Å². The van der Waals surface area contributed by atoms with E-state index in [4.69, 9.17) is 4.74 Å². The van der Waals surface area contributed by atoms with Gasteiger partial charge in [-0.25, -0.2) is 0 Å². The fourth-order valence-corrected chi connectivity index (χ4v) is 3.08. The van der Waals surface area contributed by atoms with E-state index in [2.05, 4.69) is 10.3 Å². The Labute approximate surface area is 132 Å². The number of rotatable bonds is 4. The molecule has 0 bridgehead atoms. The van der Waals surface area contributed by atoms with Crippen molar-refractivity contribution >= 4 is 22.9 Å². The first kappa shape index (κ1) is 14.3. The number of ether oxygens (including phenoxy) is 1. The van der Waals surface area contributed by atoms with Crippen molar-refractivity contribution in [3.8, 4) is 16.2 Å². The van der Waals surface area contributed by atoms with E-state index < -0.39 is 0 Å². The molecule has 0 unspecified atom stereocenters. The second-order valence-electron chi connectivity index (χ2n) is 4.56. The summed E-state index contributed by atoms with van der Waals surface area (Å²) in [6.45, 7) is 0. The van der Waals surface area contributed by atoms with E-state index in [0.29, 0.717) is 16.3 Å². The molecule has 0 aliphatic carbocycles. The molecule has 0 atom stereocenters. The predicted octanol–water partition coefficient (Wildman–Crippen LogP) is 4.07. The van der Waals surface area contributed by atoms with Crippen LogP contribution in [0.5, 0.6) is 5.75 Å². The lowest BCUT2D eigenvalue weighted by molar-refractivity contribution is 0.102. The molecule has 3 aromatic rings. The van der Waals surface area contributed by atoms with Gasteiger partial charge in [-0.15, -0.1) is 11.3 Å². The standard InChI is InChI=1S/C17H14N2O2S/c1-21-14-11-15(12-5-3-2-4-6-12)22-16(14)17(20)19-13-7-9-18-10-8-13/h2-11H,1H3,(H,18,19,20). The Morgan fingerprint density at radius 2 is 1.86 bits per heavy atom. The molecule has 2 aromatic heterocycles. The number of anilines is 1. The normalized spacial score (nSPS) is 10.2. The molecular weight excluding hydrogens is 296 g/mol. The summed E-state index contributed by atoms with van der Waals surface area (Å²) in [5.41, 5.74) is 1.77. The van der Waals surface area contributed by atoms with Crippen molar-refractivity contribution in [2.24, 2.45) is 0 Å². The second-order valence-corrected chi connectivity index (χ2v) is 5.62. The molecule has 1 aromatic carbocycles. The maximum atomic E-state index is 12.4. The number of aromatic nitrogens is 1. The molecule has 0 aliphatic heterocycles. The van der Waals surface area contributed by atoms with Gasteiger partial charge in [0, 0.05) is 23.0 Å². The first-order valence-electron chi connectivity index (χ1n) is 6.72. The van der Waals surface area contributed by atoms with Crippen LogP contribution in [0, 0.1) is 0 Å². The summed E-state index contributed by atoms with van der Waals surface area (Å²) in [6, 6.07) is 15.3. The van der Waals surface area contributed by atoms with Crippen LogP contribution in [0.3, 0.4) is 0 Å². The molecule has 1 amide bonds. The van der Waals surface area contributed by atoms with Crippen LogP contribution in [0.4, 0.5) is 5.69 Å². The van der Waals surface area contributed by atoms with Gasteiger partial charge in [-0.05, 0) is 23.8 Å². The maximum absolute atomic E-state index is 12.4. The molecule has 4 nitrogen and oxygen atoms in total. The van der Waals surface area contributed by atoms with Crippen LogP contribution in [0.2, 0.25) is 0 Å². The van der Waals surface area contributed by atoms with E-state index >= 15 is 0 Å². The zero-order chi connectivity index (χ0) is 15.4. The number of hydrogen-bond acceptors (Lipinski definition) is 4. The van der Waals surface area contributed by atoms with E-state index in [0.717, 1.165) is 10.4 Å². The van der Waals surface area contributed by atoms with Gasteiger partial charge in [-0.1, -0.05) is 30.3 Å². The maximum Gasteiger partial charge on any atom is 0.269 e. The van der Waals surface area contributed by atoms with Gasteiger partial charge < -0.3 is 10.1 Å². The number of hydrogen-bond donors (Lipinski definition) is 1. The van der Waals surface area contributed by atoms with Crippen molar-refractivity contribution in [1.82, 2.24) is 4.98 Å². The molecule has 0 radical (unpaired) electrons. The fourth-order valence-electron chi connectivity index (χ4n) is 2.05. The summed E-state index contributed by atoms with van der Waals surface area (Å²) < 4.78 is 5.34. The van der Waals surface area contributed by atoms with Crippen LogP contribution >= 0.6 is 11.3 Å². The highest BCUT2D eigenvalue weighted by atomic mass is 32.1. The summed E-state index contributed by atoms with van der Waals surface area (Å²) >= 11 is 1.41. The van der Waals surface area contributed by atoms with Gasteiger partial charge in [0.05, 0.1) is 7.11 Å². The highest BCUT2D eigenvalue weighted by Crippen LogP contribution is 2.36. The number of nitrogens with one attached hydrogen (secondary N) is 1. The Morgan fingerprint density at radius 1 is 1.14 bits per heavy atom. The Morgan fingerprint density at radius 3 is 2.55 bits per heavy atom. The lowest BCUT2D eigenvalue weighted by Crippen LogP contribution is -2.11. The zero-order valence-corrected chi connectivity index (χ0v) is 12.8. The van der Waals surface area contributed by atoms with Crippen LogP contribution in [0.25, 0.3) is 10.4 Å². The lowest BCUT2D eigenvalue weighted by atomic mass is 10.2. The molecule has 110 valence electrons. The molecule has 5 heteroatoms. The molecule has 0 spiro atoms. The average molecular weight is 310 g/mol. The van der Waals surface area contributed by atoms with Crippen molar-refractivity contribution in [3.63, 3.8) is 0 Å². The van der Waals surface area contributed by atoms with Crippen LogP contribution in [0.15, 0.2) is 60.9 Å². The summed E-state index contributed by atoms with van der Waals surface area (Å²) in [4.78, 5) is 17.9. The Hall–Kier alpha value is -2.66. The highest BCUT2D eigenvalue weighted by molar-refractivity contribution is 7.17. The SMILES string of the molecule is COc1cc(-c2ccccc2)sc1C(=O)Nc1ccncc1. The molecular formula is C17H14N2O2S. The van der Waals surface area contributed by atoms with Crippen LogP contribution in [-0.4, -0.2) is 18.0 Å². The predicted molar refractivity (Wildman–Crippen MR) is 88.5 cm³/mol. The van der Waals surface area contributed by atoms with Gasteiger partial charge >= 0.3 is 0 Å². The van der Waals surface area contributed by atoms with Gasteiger partial charge in [0.25, 0.3) is 5.91 Å². The minimum absolute atomic E-state index is 0.185. The van der Waals surface area contributed by atoms with Gasteiger partial charge in [-0.3, -0.25) is 9.78 Å². The van der Waals surface area contributed by atoms with E-state index in [1.807, 2.05) is 36.4 Å².